The Morgan fingerprint density at radius 2 is 2.00 bits per heavy atom. The van der Waals surface area contributed by atoms with Crippen LogP contribution in [0.1, 0.15) is 18.9 Å². The molecule has 0 saturated carbocycles. The molecule has 0 spiro atoms. The first kappa shape index (κ1) is 14.9. The van der Waals surface area contributed by atoms with Crippen LogP contribution < -0.4 is 4.74 Å². The molecule has 1 amide bonds. The fraction of sp³-hybridized carbons (Fsp3) is 0.562. The molecule has 1 saturated heterocycles. The highest BCUT2D eigenvalue weighted by molar-refractivity contribution is 5.81. The normalized spacial score (nSPS) is 17.9. The van der Waals surface area contributed by atoms with Crippen LogP contribution in [0, 0.1) is 6.92 Å². The van der Waals surface area contributed by atoms with Crippen molar-refractivity contribution >= 4 is 5.91 Å². The largest absolute Gasteiger partial charge is 0.481 e. The first-order valence-corrected chi connectivity index (χ1v) is 7.31. The monoisotopic (exact) mass is 276 g/mol. The number of aryl methyl sites for hydroxylation is 1. The Balaban J connectivity index is 1.99. The summed E-state index contributed by atoms with van der Waals surface area (Å²) in [6.07, 6.45) is 0.319. The summed E-state index contributed by atoms with van der Waals surface area (Å²) in [6, 6.07) is 7.86. The summed E-state index contributed by atoms with van der Waals surface area (Å²) in [7, 11) is 2.09. The van der Waals surface area contributed by atoms with E-state index in [0.29, 0.717) is 6.42 Å². The van der Waals surface area contributed by atoms with Gasteiger partial charge in [-0.2, -0.15) is 0 Å². The molecule has 1 heterocycles. The molecule has 1 fully saturated rings. The number of nitrogens with zero attached hydrogens (tertiary/aromatic N) is 2. The summed E-state index contributed by atoms with van der Waals surface area (Å²) in [4.78, 5) is 16.7. The maximum absolute atomic E-state index is 12.5. The van der Waals surface area contributed by atoms with Crippen molar-refractivity contribution in [1.29, 1.82) is 0 Å². The maximum Gasteiger partial charge on any atom is 0.263 e. The second-order valence-corrected chi connectivity index (χ2v) is 5.46. The predicted octanol–water partition coefficient (Wildman–Crippen LogP) is 1.93. The average Bonchev–Trinajstić information content (AvgIpc) is 2.45. The third kappa shape index (κ3) is 3.73. The van der Waals surface area contributed by atoms with Crippen LogP contribution in [0.25, 0.3) is 0 Å². The Morgan fingerprint density at radius 1 is 1.30 bits per heavy atom. The number of piperazine rings is 1. The molecule has 1 aliphatic rings. The summed E-state index contributed by atoms with van der Waals surface area (Å²) in [5.74, 6) is 0.890. The minimum atomic E-state index is -0.375. The van der Waals surface area contributed by atoms with Gasteiger partial charge in [0.2, 0.25) is 0 Å². The molecule has 4 heteroatoms. The molecule has 1 aliphatic heterocycles. The molecular formula is C16H24N2O2. The number of ether oxygens (including phenoxy) is 1. The second-order valence-electron chi connectivity index (χ2n) is 5.46. The van der Waals surface area contributed by atoms with E-state index in [4.69, 9.17) is 4.74 Å². The fourth-order valence-electron chi connectivity index (χ4n) is 2.39. The van der Waals surface area contributed by atoms with Gasteiger partial charge in [0.1, 0.15) is 5.75 Å². The van der Waals surface area contributed by atoms with Crippen LogP contribution in [-0.4, -0.2) is 55.0 Å². The topological polar surface area (TPSA) is 32.8 Å². The van der Waals surface area contributed by atoms with E-state index < -0.39 is 0 Å². The van der Waals surface area contributed by atoms with Crippen LogP contribution in [0.4, 0.5) is 0 Å². The zero-order chi connectivity index (χ0) is 14.5. The van der Waals surface area contributed by atoms with E-state index in [1.807, 2.05) is 43.0 Å². The molecule has 1 aromatic carbocycles. The maximum atomic E-state index is 12.5. The lowest BCUT2D eigenvalue weighted by Crippen LogP contribution is -2.51. The van der Waals surface area contributed by atoms with Crippen LogP contribution >= 0.6 is 0 Å². The van der Waals surface area contributed by atoms with Gasteiger partial charge in [-0.3, -0.25) is 4.79 Å². The number of carbonyl (C=O) groups is 1. The molecular weight excluding hydrogens is 252 g/mol. The number of carbonyl (C=O) groups excluding carboxylic acids is 1. The van der Waals surface area contributed by atoms with E-state index in [2.05, 4.69) is 11.9 Å². The molecule has 0 aliphatic carbocycles. The van der Waals surface area contributed by atoms with Crippen LogP contribution in [0.15, 0.2) is 24.3 Å². The Bertz CT molecular complexity index is 454. The molecule has 0 bridgehead atoms. The van der Waals surface area contributed by atoms with Gasteiger partial charge < -0.3 is 14.5 Å². The molecule has 110 valence electrons. The zero-order valence-corrected chi connectivity index (χ0v) is 12.6. The Hall–Kier alpha value is -1.55. The molecule has 20 heavy (non-hydrogen) atoms. The van der Waals surface area contributed by atoms with Crippen molar-refractivity contribution in [2.24, 2.45) is 0 Å². The third-order valence-corrected chi connectivity index (χ3v) is 3.73. The standard InChI is InChI=1S/C16H24N2O2/c1-4-15(20-14-7-5-6-13(2)12-14)16(19)18-10-8-17(3)9-11-18/h5-7,12,15H,4,8-11H2,1-3H3/t15-/m1/s1. The number of benzene rings is 1. The van der Waals surface area contributed by atoms with E-state index in [9.17, 15) is 4.79 Å². The lowest BCUT2D eigenvalue weighted by molar-refractivity contribution is -0.140. The van der Waals surface area contributed by atoms with Crippen molar-refractivity contribution < 1.29 is 9.53 Å². The van der Waals surface area contributed by atoms with Crippen LogP contribution in [-0.2, 0) is 4.79 Å². The van der Waals surface area contributed by atoms with E-state index >= 15 is 0 Å². The molecule has 1 atom stereocenters. The van der Waals surface area contributed by atoms with Crippen molar-refractivity contribution in [1.82, 2.24) is 9.80 Å². The van der Waals surface area contributed by atoms with Crippen LogP contribution in [0.3, 0.4) is 0 Å². The SMILES string of the molecule is CC[C@@H](Oc1cccc(C)c1)C(=O)N1CCN(C)CC1. The number of hydrogen-bond donors (Lipinski definition) is 0. The molecule has 0 radical (unpaired) electrons. The van der Waals surface area contributed by atoms with E-state index in [-0.39, 0.29) is 12.0 Å². The van der Waals surface area contributed by atoms with Gasteiger partial charge in [-0.15, -0.1) is 0 Å². The third-order valence-electron chi connectivity index (χ3n) is 3.73. The minimum absolute atomic E-state index is 0.113. The first-order chi connectivity index (χ1) is 9.60. The van der Waals surface area contributed by atoms with Gasteiger partial charge in [0.15, 0.2) is 6.10 Å². The van der Waals surface area contributed by atoms with Crippen molar-refractivity contribution in [2.45, 2.75) is 26.4 Å². The second kappa shape index (κ2) is 6.75. The lowest BCUT2D eigenvalue weighted by atomic mass is 10.2. The van der Waals surface area contributed by atoms with Gasteiger partial charge in [0.05, 0.1) is 0 Å². The molecule has 0 unspecified atom stereocenters. The molecule has 1 aromatic rings. The minimum Gasteiger partial charge on any atom is -0.481 e. The molecule has 2 rings (SSSR count). The first-order valence-electron chi connectivity index (χ1n) is 7.31. The highest BCUT2D eigenvalue weighted by atomic mass is 16.5. The Labute approximate surface area is 121 Å². The quantitative estimate of drug-likeness (QED) is 0.842. The molecule has 4 nitrogen and oxygen atoms in total. The van der Waals surface area contributed by atoms with Gasteiger partial charge in [0.25, 0.3) is 5.91 Å². The van der Waals surface area contributed by atoms with Gasteiger partial charge in [-0.05, 0) is 38.1 Å². The number of rotatable bonds is 4. The van der Waals surface area contributed by atoms with Crippen LogP contribution in [0.5, 0.6) is 5.75 Å². The Kier molecular flexibility index (Phi) is 5.01. The lowest BCUT2D eigenvalue weighted by Gasteiger charge is -2.34. The Morgan fingerprint density at radius 3 is 2.60 bits per heavy atom. The average molecular weight is 276 g/mol. The van der Waals surface area contributed by atoms with Gasteiger partial charge in [0, 0.05) is 26.2 Å². The molecule has 0 aromatic heterocycles. The smallest absolute Gasteiger partial charge is 0.263 e. The van der Waals surface area contributed by atoms with E-state index in [1.54, 1.807) is 0 Å². The highest BCUT2D eigenvalue weighted by Crippen LogP contribution is 2.17. The van der Waals surface area contributed by atoms with Crippen molar-refractivity contribution in [3.63, 3.8) is 0 Å². The number of likely N-dealkylation sites (N-methyl/N-ethyl adjacent to an activating group) is 1. The summed E-state index contributed by atoms with van der Waals surface area (Å²) in [5, 5.41) is 0. The number of hydrogen-bond acceptors (Lipinski definition) is 3. The van der Waals surface area contributed by atoms with Gasteiger partial charge in [-0.25, -0.2) is 0 Å². The van der Waals surface area contributed by atoms with E-state index in [1.165, 1.54) is 0 Å². The summed E-state index contributed by atoms with van der Waals surface area (Å²) >= 11 is 0. The van der Waals surface area contributed by atoms with Crippen LogP contribution in [0.2, 0.25) is 0 Å². The molecule has 0 N–H and O–H groups in total. The van der Waals surface area contributed by atoms with Crippen molar-refractivity contribution in [2.75, 3.05) is 33.2 Å². The highest BCUT2D eigenvalue weighted by Gasteiger charge is 2.26. The van der Waals surface area contributed by atoms with Gasteiger partial charge >= 0.3 is 0 Å². The predicted molar refractivity (Wildman–Crippen MR) is 80.0 cm³/mol. The van der Waals surface area contributed by atoms with Crippen molar-refractivity contribution in [3.8, 4) is 5.75 Å². The number of amides is 1. The fourth-order valence-corrected chi connectivity index (χ4v) is 2.39. The summed E-state index contributed by atoms with van der Waals surface area (Å²) in [6.45, 7) is 7.48. The zero-order valence-electron chi connectivity index (χ0n) is 12.6. The van der Waals surface area contributed by atoms with Crippen molar-refractivity contribution in [3.05, 3.63) is 29.8 Å². The van der Waals surface area contributed by atoms with Gasteiger partial charge in [-0.1, -0.05) is 19.1 Å². The van der Waals surface area contributed by atoms with E-state index in [0.717, 1.165) is 37.5 Å². The summed E-state index contributed by atoms with van der Waals surface area (Å²) in [5.41, 5.74) is 1.14. The summed E-state index contributed by atoms with van der Waals surface area (Å²) < 4.78 is 5.88.